The molecule has 5 nitrogen and oxygen atoms in total. The van der Waals surface area contributed by atoms with Crippen LogP contribution in [-0.4, -0.2) is 35.9 Å². The molecular formula is C19H35N5. The smallest absolute Gasteiger partial charge is 0.191 e. The molecule has 136 valence electrons. The van der Waals surface area contributed by atoms with Crippen molar-refractivity contribution in [2.24, 2.45) is 23.4 Å². The molecule has 1 aromatic rings. The van der Waals surface area contributed by atoms with Gasteiger partial charge < -0.3 is 10.6 Å². The quantitative estimate of drug-likeness (QED) is 0.596. The largest absolute Gasteiger partial charge is 0.356 e. The van der Waals surface area contributed by atoms with Crippen molar-refractivity contribution in [3.8, 4) is 0 Å². The molecule has 0 saturated heterocycles. The molecule has 1 heterocycles. The predicted octanol–water partition coefficient (Wildman–Crippen LogP) is 2.96. The fraction of sp³-hybridized carbons (Fsp3) is 0.789. The summed E-state index contributed by atoms with van der Waals surface area (Å²) >= 11 is 0. The fourth-order valence-corrected chi connectivity index (χ4v) is 3.97. The molecule has 2 N–H and O–H groups in total. The van der Waals surface area contributed by atoms with Gasteiger partial charge in [0.05, 0.1) is 5.69 Å². The number of nitrogens with one attached hydrogen (secondary N) is 2. The van der Waals surface area contributed by atoms with Gasteiger partial charge in [-0.15, -0.1) is 0 Å². The highest BCUT2D eigenvalue weighted by molar-refractivity contribution is 5.79. The maximum absolute atomic E-state index is 4.49. The number of rotatable bonds is 7. The second kappa shape index (κ2) is 8.04. The van der Waals surface area contributed by atoms with Crippen molar-refractivity contribution in [1.29, 1.82) is 0 Å². The zero-order valence-corrected chi connectivity index (χ0v) is 16.4. The summed E-state index contributed by atoms with van der Waals surface area (Å²) in [7, 11) is 3.86. The van der Waals surface area contributed by atoms with E-state index < -0.39 is 0 Å². The molecule has 1 saturated carbocycles. The third-order valence-corrected chi connectivity index (χ3v) is 5.44. The molecule has 1 aliphatic rings. The molecule has 24 heavy (non-hydrogen) atoms. The third kappa shape index (κ3) is 4.52. The SMILES string of the molecule is CN=C(NCCc1c(C)nn(C)c1C)NCC1(CC(C)C)CCC1. The van der Waals surface area contributed by atoms with E-state index in [1.54, 1.807) is 0 Å². The van der Waals surface area contributed by atoms with Crippen LogP contribution in [0, 0.1) is 25.2 Å². The average Bonchev–Trinajstić information content (AvgIpc) is 2.73. The molecule has 0 bridgehead atoms. The first kappa shape index (κ1) is 18.8. The Morgan fingerprint density at radius 3 is 2.46 bits per heavy atom. The first-order valence-electron chi connectivity index (χ1n) is 9.30. The van der Waals surface area contributed by atoms with Crippen molar-refractivity contribution < 1.29 is 0 Å². The zero-order valence-electron chi connectivity index (χ0n) is 16.4. The van der Waals surface area contributed by atoms with Gasteiger partial charge in [-0.3, -0.25) is 9.67 Å². The highest BCUT2D eigenvalue weighted by atomic mass is 15.3. The molecule has 5 heteroatoms. The van der Waals surface area contributed by atoms with Crippen LogP contribution in [-0.2, 0) is 13.5 Å². The summed E-state index contributed by atoms with van der Waals surface area (Å²) in [5.74, 6) is 1.68. The molecule has 0 spiro atoms. The maximum atomic E-state index is 4.49. The van der Waals surface area contributed by atoms with E-state index in [9.17, 15) is 0 Å². The predicted molar refractivity (Wildman–Crippen MR) is 101 cm³/mol. The van der Waals surface area contributed by atoms with Crippen LogP contribution in [0.2, 0.25) is 0 Å². The Morgan fingerprint density at radius 1 is 1.29 bits per heavy atom. The Kier molecular flexibility index (Phi) is 6.30. The molecule has 0 aliphatic heterocycles. The van der Waals surface area contributed by atoms with Crippen LogP contribution in [0.25, 0.3) is 0 Å². The molecule has 0 radical (unpaired) electrons. The summed E-state index contributed by atoms with van der Waals surface area (Å²) in [5.41, 5.74) is 4.21. The first-order chi connectivity index (χ1) is 11.4. The molecule has 0 atom stereocenters. The van der Waals surface area contributed by atoms with Crippen LogP contribution in [0.1, 0.15) is 56.5 Å². The number of hydrogen-bond acceptors (Lipinski definition) is 2. The first-order valence-corrected chi connectivity index (χ1v) is 9.30. The Labute approximate surface area is 147 Å². The van der Waals surface area contributed by atoms with Crippen LogP contribution in [0.15, 0.2) is 4.99 Å². The van der Waals surface area contributed by atoms with Crippen LogP contribution in [0.5, 0.6) is 0 Å². The zero-order chi connectivity index (χ0) is 17.7. The minimum absolute atomic E-state index is 0.488. The minimum Gasteiger partial charge on any atom is -0.356 e. The van der Waals surface area contributed by atoms with Gasteiger partial charge in [-0.1, -0.05) is 20.3 Å². The lowest BCUT2D eigenvalue weighted by atomic mass is 9.64. The Balaban J connectivity index is 1.80. The number of hydrogen-bond donors (Lipinski definition) is 2. The second-order valence-electron chi connectivity index (χ2n) is 7.83. The van der Waals surface area contributed by atoms with Crippen LogP contribution < -0.4 is 10.6 Å². The van der Waals surface area contributed by atoms with E-state index in [-0.39, 0.29) is 0 Å². The molecule has 1 aliphatic carbocycles. The molecule has 1 aromatic heterocycles. The van der Waals surface area contributed by atoms with E-state index in [1.807, 2.05) is 18.8 Å². The molecule has 1 fully saturated rings. The van der Waals surface area contributed by atoms with Crippen molar-refractivity contribution in [2.75, 3.05) is 20.1 Å². The molecule has 2 rings (SSSR count). The minimum atomic E-state index is 0.488. The number of guanidine groups is 1. The third-order valence-electron chi connectivity index (χ3n) is 5.44. The summed E-state index contributed by atoms with van der Waals surface area (Å²) in [6, 6.07) is 0. The van der Waals surface area contributed by atoms with Crippen molar-refractivity contribution in [2.45, 2.75) is 59.8 Å². The van der Waals surface area contributed by atoms with E-state index in [0.29, 0.717) is 5.41 Å². The van der Waals surface area contributed by atoms with Crippen LogP contribution in [0.4, 0.5) is 0 Å². The van der Waals surface area contributed by atoms with Gasteiger partial charge in [0.25, 0.3) is 0 Å². The Bertz CT molecular complexity index is 567. The van der Waals surface area contributed by atoms with Crippen LogP contribution >= 0.6 is 0 Å². The number of aliphatic imine (C=N–C) groups is 1. The number of nitrogens with zero attached hydrogens (tertiary/aromatic N) is 3. The number of aryl methyl sites for hydroxylation is 2. The van der Waals surface area contributed by atoms with Gasteiger partial charge in [0.1, 0.15) is 0 Å². The van der Waals surface area contributed by atoms with Crippen molar-refractivity contribution in [3.05, 3.63) is 17.0 Å². The Morgan fingerprint density at radius 2 is 2.00 bits per heavy atom. The van der Waals surface area contributed by atoms with E-state index in [2.05, 4.69) is 48.4 Å². The summed E-state index contributed by atoms with van der Waals surface area (Å²) in [6.45, 7) is 10.8. The van der Waals surface area contributed by atoms with Crippen LogP contribution in [0.3, 0.4) is 0 Å². The summed E-state index contributed by atoms with van der Waals surface area (Å²) in [4.78, 5) is 4.38. The van der Waals surface area contributed by atoms with Gasteiger partial charge in [0.2, 0.25) is 0 Å². The van der Waals surface area contributed by atoms with E-state index in [1.165, 1.54) is 36.9 Å². The fourth-order valence-electron chi connectivity index (χ4n) is 3.97. The molecule has 0 unspecified atom stereocenters. The Hall–Kier alpha value is -1.52. The normalized spacial score (nSPS) is 17.0. The molecule has 0 aromatic carbocycles. The molecule has 0 amide bonds. The highest BCUT2D eigenvalue weighted by Crippen LogP contribution is 2.45. The lowest BCUT2D eigenvalue weighted by Crippen LogP contribution is -2.47. The number of aromatic nitrogens is 2. The van der Waals surface area contributed by atoms with Gasteiger partial charge in [-0.2, -0.15) is 5.10 Å². The van der Waals surface area contributed by atoms with Crippen molar-refractivity contribution in [3.63, 3.8) is 0 Å². The van der Waals surface area contributed by atoms with Crippen molar-refractivity contribution in [1.82, 2.24) is 20.4 Å². The van der Waals surface area contributed by atoms with Gasteiger partial charge in [0.15, 0.2) is 5.96 Å². The monoisotopic (exact) mass is 333 g/mol. The maximum Gasteiger partial charge on any atom is 0.191 e. The average molecular weight is 334 g/mol. The summed E-state index contributed by atoms with van der Waals surface area (Å²) in [5, 5.41) is 11.5. The standard InChI is InChI=1S/C19H35N5/c1-14(2)12-19(9-7-10-19)13-22-18(20-5)21-11-8-17-15(3)23-24(6)16(17)4/h14H,7-13H2,1-6H3,(H2,20,21,22). The van der Waals surface area contributed by atoms with Gasteiger partial charge in [-0.05, 0) is 56.4 Å². The van der Waals surface area contributed by atoms with E-state index >= 15 is 0 Å². The van der Waals surface area contributed by atoms with E-state index in [4.69, 9.17) is 0 Å². The van der Waals surface area contributed by atoms with Gasteiger partial charge >= 0.3 is 0 Å². The topological polar surface area (TPSA) is 54.2 Å². The highest BCUT2D eigenvalue weighted by Gasteiger charge is 2.37. The molecular weight excluding hydrogens is 298 g/mol. The van der Waals surface area contributed by atoms with Gasteiger partial charge in [0, 0.05) is 32.9 Å². The van der Waals surface area contributed by atoms with Crippen molar-refractivity contribution >= 4 is 5.96 Å². The lowest BCUT2D eigenvalue weighted by molar-refractivity contribution is 0.104. The lowest BCUT2D eigenvalue weighted by Gasteiger charge is -2.43. The van der Waals surface area contributed by atoms with E-state index in [0.717, 1.165) is 37.1 Å². The van der Waals surface area contributed by atoms with Gasteiger partial charge in [-0.25, -0.2) is 0 Å². The summed E-state index contributed by atoms with van der Waals surface area (Å²) < 4.78 is 1.96. The summed E-state index contributed by atoms with van der Waals surface area (Å²) in [6.07, 6.45) is 6.36. The second-order valence-corrected chi connectivity index (χ2v) is 7.83.